The molecule has 3 nitrogen and oxygen atoms in total. The first-order valence-electron chi connectivity index (χ1n) is 5.07. The molecule has 14 heavy (non-hydrogen) atoms. The maximum absolute atomic E-state index is 5.54. The Morgan fingerprint density at radius 1 is 1.50 bits per heavy atom. The molecule has 2 unspecified atom stereocenters. The molecule has 0 aliphatic rings. The number of rotatable bonds is 4. The average Bonchev–Trinajstić information content (AvgIpc) is 2.21. The molecule has 2 atom stereocenters. The highest BCUT2D eigenvalue weighted by molar-refractivity contribution is 5.17. The first-order valence-corrected chi connectivity index (χ1v) is 5.07. The minimum Gasteiger partial charge on any atom is -0.271 e. The second-order valence-electron chi connectivity index (χ2n) is 3.76. The van der Waals surface area contributed by atoms with Crippen molar-refractivity contribution in [2.24, 2.45) is 11.8 Å². The van der Waals surface area contributed by atoms with Crippen molar-refractivity contribution >= 4 is 0 Å². The van der Waals surface area contributed by atoms with Gasteiger partial charge in [0.2, 0.25) is 0 Å². The largest absolute Gasteiger partial charge is 0.271 e. The molecule has 0 amide bonds. The van der Waals surface area contributed by atoms with Gasteiger partial charge >= 0.3 is 0 Å². The van der Waals surface area contributed by atoms with Crippen LogP contribution in [0, 0.1) is 12.8 Å². The van der Waals surface area contributed by atoms with Gasteiger partial charge in [-0.3, -0.25) is 16.3 Å². The summed E-state index contributed by atoms with van der Waals surface area (Å²) >= 11 is 0. The predicted octanol–water partition coefficient (Wildman–Crippen LogP) is 1.94. The van der Waals surface area contributed by atoms with Gasteiger partial charge in [0.15, 0.2) is 0 Å². The highest BCUT2D eigenvalue weighted by Gasteiger charge is 2.16. The van der Waals surface area contributed by atoms with Crippen molar-refractivity contribution < 1.29 is 0 Å². The molecule has 1 rings (SSSR count). The van der Waals surface area contributed by atoms with E-state index in [2.05, 4.69) is 30.3 Å². The molecule has 0 aromatic carbocycles. The Bertz CT molecular complexity index is 268. The van der Waals surface area contributed by atoms with E-state index < -0.39 is 0 Å². The summed E-state index contributed by atoms with van der Waals surface area (Å²) in [5.41, 5.74) is 5.04. The second-order valence-corrected chi connectivity index (χ2v) is 3.76. The third-order valence-corrected chi connectivity index (χ3v) is 2.69. The normalized spacial score (nSPS) is 15.1. The van der Waals surface area contributed by atoms with Crippen LogP contribution in [0.25, 0.3) is 0 Å². The summed E-state index contributed by atoms with van der Waals surface area (Å²) in [4.78, 5) is 4.27. The number of pyridine rings is 1. The van der Waals surface area contributed by atoms with E-state index in [1.54, 1.807) is 0 Å². The monoisotopic (exact) mass is 193 g/mol. The molecule has 0 saturated heterocycles. The fourth-order valence-corrected chi connectivity index (χ4v) is 1.49. The molecule has 1 heterocycles. The van der Waals surface area contributed by atoms with Gasteiger partial charge in [0.1, 0.15) is 0 Å². The summed E-state index contributed by atoms with van der Waals surface area (Å²) < 4.78 is 0. The Morgan fingerprint density at radius 2 is 2.21 bits per heavy atom. The molecule has 0 aliphatic carbocycles. The number of aryl methyl sites for hydroxylation is 1. The molecule has 0 bridgehead atoms. The van der Waals surface area contributed by atoms with Crippen molar-refractivity contribution in [1.29, 1.82) is 0 Å². The lowest BCUT2D eigenvalue weighted by atomic mass is 9.94. The van der Waals surface area contributed by atoms with E-state index in [4.69, 9.17) is 5.84 Å². The molecule has 0 saturated carbocycles. The summed E-state index contributed by atoms with van der Waals surface area (Å²) in [5, 5.41) is 0. The van der Waals surface area contributed by atoms with Gasteiger partial charge in [0, 0.05) is 11.9 Å². The minimum atomic E-state index is 0.202. The van der Waals surface area contributed by atoms with Crippen LogP contribution in [-0.2, 0) is 0 Å². The van der Waals surface area contributed by atoms with Gasteiger partial charge in [0.05, 0.1) is 6.04 Å². The molecule has 0 radical (unpaired) electrons. The molecule has 3 N–H and O–H groups in total. The summed E-state index contributed by atoms with van der Waals surface area (Å²) in [5.74, 6) is 6.06. The molecule has 0 fully saturated rings. The first kappa shape index (κ1) is 11.1. The molecule has 1 aromatic rings. The number of hydrazine groups is 1. The lowest BCUT2D eigenvalue weighted by Gasteiger charge is -2.22. The Balaban J connectivity index is 2.84. The fourth-order valence-electron chi connectivity index (χ4n) is 1.49. The molecule has 0 spiro atoms. The van der Waals surface area contributed by atoms with Crippen LogP contribution >= 0.6 is 0 Å². The van der Waals surface area contributed by atoms with Crippen molar-refractivity contribution in [3.05, 3.63) is 29.6 Å². The quantitative estimate of drug-likeness (QED) is 0.567. The van der Waals surface area contributed by atoms with Crippen molar-refractivity contribution in [1.82, 2.24) is 10.4 Å². The van der Waals surface area contributed by atoms with Gasteiger partial charge in [-0.25, -0.2) is 0 Å². The van der Waals surface area contributed by atoms with E-state index in [0.29, 0.717) is 5.92 Å². The standard InChI is InChI=1S/C11H19N3/c1-4-8(2)11(14-12)10-6-5-9(3)13-7-10/h5-8,11,14H,4,12H2,1-3H3. The predicted molar refractivity (Wildman–Crippen MR) is 58.5 cm³/mol. The molecule has 3 heteroatoms. The van der Waals surface area contributed by atoms with Gasteiger partial charge in [-0.2, -0.15) is 0 Å². The van der Waals surface area contributed by atoms with Crippen LogP contribution in [0.15, 0.2) is 18.3 Å². The Kier molecular flexibility index (Phi) is 4.04. The molecule has 0 aliphatic heterocycles. The van der Waals surface area contributed by atoms with Crippen molar-refractivity contribution in [3.8, 4) is 0 Å². The van der Waals surface area contributed by atoms with Crippen LogP contribution in [0.2, 0.25) is 0 Å². The second kappa shape index (κ2) is 5.08. The highest BCUT2D eigenvalue weighted by atomic mass is 15.2. The zero-order valence-corrected chi connectivity index (χ0v) is 9.12. The SMILES string of the molecule is CCC(C)C(NN)c1ccc(C)nc1. The van der Waals surface area contributed by atoms with Crippen LogP contribution < -0.4 is 11.3 Å². The van der Waals surface area contributed by atoms with Gasteiger partial charge in [-0.1, -0.05) is 26.3 Å². The number of hydrogen-bond donors (Lipinski definition) is 2. The van der Waals surface area contributed by atoms with Crippen molar-refractivity contribution in [3.63, 3.8) is 0 Å². The number of nitrogens with two attached hydrogens (primary N) is 1. The van der Waals surface area contributed by atoms with Gasteiger partial charge in [0.25, 0.3) is 0 Å². The van der Waals surface area contributed by atoms with E-state index in [-0.39, 0.29) is 6.04 Å². The van der Waals surface area contributed by atoms with Crippen LogP contribution in [0.3, 0.4) is 0 Å². The summed E-state index contributed by atoms with van der Waals surface area (Å²) in [6, 6.07) is 4.30. The summed E-state index contributed by atoms with van der Waals surface area (Å²) in [6.07, 6.45) is 2.99. The van der Waals surface area contributed by atoms with Gasteiger partial charge in [-0.15, -0.1) is 0 Å². The van der Waals surface area contributed by atoms with E-state index in [1.165, 1.54) is 0 Å². The molecular weight excluding hydrogens is 174 g/mol. The molecule has 1 aromatic heterocycles. The zero-order valence-electron chi connectivity index (χ0n) is 9.12. The van der Waals surface area contributed by atoms with Crippen LogP contribution in [0.5, 0.6) is 0 Å². The van der Waals surface area contributed by atoms with Crippen molar-refractivity contribution in [2.45, 2.75) is 33.2 Å². The van der Waals surface area contributed by atoms with E-state index in [0.717, 1.165) is 17.7 Å². The summed E-state index contributed by atoms with van der Waals surface area (Å²) in [7, 11) is 0. The van der Waals surface area contributed by atoms with E-state index in [1.807, 2.05) is 19.2 Å². The minimum absolute atomic E-state index is 0.202. The smallest absolute Gasteiger partial charge is 0.0500 e. The van der Waals surface area contributed by atoms with Crippen LogP contribution in [0.1, 0.15) is 37.6 Å². The third-order valence-electron chi connectivity index (χ3n) is 2.69. The van der Waals surface area contributed by atoms with Gasteiger partial charge < -0.3 is 0 Å². The average molecular weight is 193 g/mol. The van der Waals surface area contributed by atoms with E-state index in [9.17, 15) is 0 Å². The highest BCUT2D eigenvalue weighted by Crippen LogP contribution is 2.22. The van der Waals surface area contributed by atoms with E-state index >= 15 is 0 Å². The maximum Gasteiger partial charge on any atom is 0.0500 e. The van der Waals surface area contributed by atoms with Crippen LogP contribution in [0.4, 0.5) is 0 Å². The topological polar surface area (TPSA) is 50.9 Å². The lowest BCUT2D eigenvalue weighted by molar-refractivity contribution is 0.382. The first-order chi connectivity index (χ1) is 6.69. The fraction of sp³-hybridized carbons (Fsp3) is 0.545. The Morgan fingerprint density at radius 3 is 2.64 bits per heavy atom. The number of aromatic nitrogens is 1. The summed E-state index contributed by atoms with van der Waals surface area (Å²) in [6.45, 7) is 6.33. The Hall–Kier alpha value is -0.930. The number of nitrogens with one attached hydrogen (secondary N) is 1. The molecular formula is C11H19N3. The number of nitrogens with zero attached hydrogens (tertiary/aromatic N) is 1. The van der Waals surface area contributed by atoms with Crippen LogP contribution in [-0.4, -0.2) is 4.98 Å². The van der Waals surface area contributed by atoms with Gasteiger partial charge in [-0.05, 0) is 24.5 Å². The maximum atomic E-state index is 5.54. The zero-order chi connectivity index (χ0) is 10.6. The number of hydrogen-bond acceptors (Lipinski definition) is 3. The molecule has 78 valence electrons. The van der Waals surface area contributed by atoms with Crippen molar-refractivity contribution in [2.75, 3.05) is 0 Å². The third kappa shape index (κ3) is 2.53. The lowest BCUT2D eigenvalue weighted by Crippen LogP contribution is -2.32. The Labute approximate surface area is 85.7 Å².